The lowest BCUT2D eigenvalue weighted by molar-refractivity contribution is -0.138. The fraction of sp³-hybridized carbons (Fsp3) is 0.571. The molecule has 0 radical (unpaired) electrons. The third-order valence-corrected chi connectivity index (χ3v) is 1.28. The minimum absolute atomic E-state index is 0.309. The van der Waals surface area contributed by atoms with Crippen molar-refractivity contribution in [2.75, 3.05) is 6.61 Å². The van der Waals surface area contributed by atoms with Gasteiger partial charge in [0.25, 0.3) is 0 Å². The Balaban J connectivity index is 3.83. The molecule has 0 rings (SSSR count). The summed E-state index contributed by atoms with van der Waals surface area (Å²) in [4.78, 5) is 10.8. The number of esters is 1. The molecule has 2 nitrogen and oxygen atoms in total. The van der Waals surface area contributed by atoms with Crippen LogP contribution in [0, 0.1) is 0 Å². The first-order valence-corrected chi connectivity index (χ1v) is 3.53. The molecule has 0 aromatic rings. The van der Waals surface area contributed by atoms with Gasteiger partial charge in [0.15, 0.2) is 0 Å². The van der Waals surface area contributed by atoms with Crippen molar-refractivity contribution in [1.82, 2.24) is 0 Å². The van der Waals surface area contributed by atoms with Gasteiger partial charge in [-0.05, 0) is 13.8 Å². The van der Waals surface area contributed by atoms with E-state index in [1.54, 1.807) is 13.8 Å². The third kappa shape index (κ3) is 2.87. The molecule has 0 saturated carbocycles. The van der Waals surface area contributed by atoms with Crippen molar-refractivity contribution in [3.8, 4) is 0 Å². The van der Waals surface area contributed by atoms with Gasteiger partial charge in [0, 0.05) is 5.57 Å². The molecule has 1 atom stereocenters. The van der Waals surface area contributed by atoms with E-state index in [1.807, 2.05) is 0 Å². The van der Waals surface area contributed by atoms with Crippen molar-refractivity contribution >= 4 is 17.6 Å². The Morgan fingerprint density at radius 3 is 2.60 bits per heavy atom. The maximum absolute atomic E-state index is 10.8. The quantitative estimate of drug-likeness (QED) is 0.359. The summed E-state index contributed by atoms with van der Waals surface area (Å²) in [6.07, 6.45) is 0. The summed E-state index contributed by atoms with van der Waals surface area (Å²) in [6, 6.07) is 0. The lowest BCUT2D eigenvalue weighted by Gasteiger charge is -2.05. The lowest BCUT2D eigenvalue weighted by Crippen LogP contribution is -2.12. The van der Waals surface area contributed by atoms with Crippen LogP contribution in [0.3, 0.4) is 0 Å². The maximum Gasteiger partial charge on any atom is 0.334 e. The van der Waals surface area contributed by atoms with E-state index in [0.717, 1.165) is 0 Å². The second kappa shape index (κ2) is 4.34. The van der Waals surface area contributed by atoms with Crippen LogP contribution in [-0.2, 0) is 9.53 Å². The molecule has 10 heavy (non-hydrogen) atoms. The van der Waals surface area contributed by atoms with Crippen LogP contribution in [0.25, 0.3) is 0 Å². The smallest absolute Gasteiger partial charge is 0.334 e. The Morgan fingerprint density at radius 2 is 2.30 bits per heavy atom. The first-order valence-electron chi connectivity index (χ1n) is 3.09. The molecule has 0 N–H and O–H groups in total. The van der Waals surface area contributed by atoms with Crippen molar-refractivity contribution in [3.05, 3.63) is 12.2 Å². The summed E-state index contributed by atoms with van der Waals surface area (Å²) >= 11 is 5.56. The zero-order chi connectivity index (χ0) is 8.15. The molecule has 0 heterocycles. The summed E-state index contributed by atoms with van der Waals surface area (Å²) < 4.78 is 4.64. The van der Waals surface area contributed by atoms with Gasteiger partial charge in [-0.2, -0.15) is 0 Å². The molecule has 0 aliphatic heterocycles. The summed E-state index contributed by atoms with van der Waals surface area (Å²) in [7, 11) is 0. The van der Waals surface area contributed by atoms with Crippen LogP contribution in [0.15, 0.2) is 12.2 Å². The second-order valence-electron chi connectivity index (χ2n) is 1.86. The van der Waals surface area contributed by atoms with E-state index in [9.17, 15) is 4.79 Å². The molecule has 0 fully saturated rings. The van der Waals surface area contributed by atoms with Gasteiger partial charge in [-0.15, -0.1) is 11.6 Å². The first-order chi connectivity index (χ1) is 4.59. The monoisotopic (exact) mass is 162 g/mol. The molecule has 0 spiro atoms. The van der Waals surface area contributed by atoms with Gasteiger partial charge in [0.05, 0.1) is 12.0 Å². The number of alkyl halides is 1. The normalized spacial score (nSPS) is 12.3. The summed E-state index contributed by atoms with van der Waals surface area (Å²) in [5.41, 5.74) is 0.309. The van der Waals surface area contributed by atoms with Crippen LogP contribution in [0.5, 0.6) is 0 Å². The zero-order valence-corrected chi connectivity index (χ0v) is 6.94. The van der Waals surface area contributed by atoms with Crippen molar-refractivity contribution in [1.29, 1.82) is 0 Å². The highest BCUT2D eigenvalue weighted by atomic mass is 35.5. The highest BCUT2D eigenvalue weighted by Gasteiger charge is 2.12. The number of hydrogen-bond donors (Lipinski definition) is 0. The minimum atomic E-state index is -0.412. The van der Waals surface area contributed by atoms with E-state index in [1.165, 1.54) is 0 Å². The van der Waals surface area contributed by atoms with E-state index >= 15 is 0 Å². The van der Waals surface area contributed by atoms with E-state index in [4.69, 9.17) is 11.6 Å². The van der Waals surface area contributed by atoms with Gasteiger partial charge in [-0.1, -0.05) is 6.58 Å². The third-order valence-electron chi connectivity index (χ3n) is 1.02. The van der Waals surface area contributed by atoms with Crippen LogP contribution in [0.4, 0.5) is 0 Å². The molecule has 0 aromatic heterocycles. The molecule has 0 saturated heterocycles. The van der Waals surface area contributed by atoms with Crippen LogP contribution in [0.1, 0.15) is 13.8 Å². The molecular formula is C7H11ClO2. The summed E-state index contributed by atoms with van der Waals surface area (Å²) in [6.45, 7) is 7.25. The van der Waals surface area contributed by atoms with E-state index in [-0.39, 0.29) is 5.38 Å². The Labute approximate surface area is 65.8 Å². The Bertz CT molecular complexity index is 141. The molecule has 0 bridgehead atoms. The van der Waals surface area contributed by atoms with Crippen molar-refractivity contribution < 1.29 is 9.53 Å². The minimum Gasteiger partial charge on any atom is -0.463 e. The number of ether oxygens (including phenoxy) is 1. The van der Waals surface area contributed by atoms with Crippen molar-refractivity contribution in [3.63, 3.8) is 0 Å². The zero-order valence-electron chi connectivity index (χ0n) is 6.19. The van der Waals surface area contributed by atoms with Crippen LogP contribution < -0.4 is 0 Å². The highest BCUT2D eigenvalue weighted by Crippen LogP contribution is 2.07. The van der Waals surface area contributed by atoms with E-state index < -0.39 is 5.97 Å². The van der Waals surface area contributed by atoms with Gasteiger partial charge >= 0.3 is 5.97 Å². The standard InChI is InChI=1S/C7H11ClO2/c1-4-10-7(9)5(2)6(3)8/h6H,2,4H2,1,3H3. The Hall–Kier alpha value is -0.500. The van der Waals surface area contributed by atoms with Gasteiger partial charge < -0.3 is 4.74 Å². The van der Waals surface area contributed by atoms with Gasteiger partial charge in [-0.25, -0.2) is 4.79 Å². The van der Waals surface area contributed by atoms with Gasteiger partial charge in [-0.3, -0.25) is 0 Å². The average Bonchev–Trinajstić information content (AvgIpc) is 1.87. The second-order valence-corrected chi connectivity index (χ2v) is 2.52. The fourth-order valence-corrected chi connectivity index (χ4v) is 0.475. The van der Waals surface area contributed by atoms with Crippen LogP contribution >= 0.6 is 11.6 Å². The molecule has 0 aromatic carbocycles. The number of rotatable bonds is 3. The molecule has 0 aliphatic carbocycles. The topological polar surface area (TPSA) is 26.3 Å². The molecule has 0 aliphatic rings. The summed E-state index contributed by atoms with van der Waals surface area (Å²) in [5.74, 6) is -0.412. The SMILES string of the molecule is C=C(C(=O)OCC)C(C)Cl. The highest BCUT2D eigenvalue weighted by molar-refractivity contribution is 6.24. The van der Waals surface area contributed by atoms with Crippen LogP contribution in [-0.4, -0.2) is 18.0 Å². The Morgan fingerprint density at radius 1 is 1.80 bits per heavy atom. The lowest BCUT2D eigenvalue weighted by atomic mass is 10.2. The number of carbonyl (C=O) groups is 1. The maximum atomic E-state index is 10.8. The molecule has 3 heteroatoms. The molecule has 58 valence electrons. The number of halogens is 1. The number of hydrogen-bond acceptors (Lipinski definition) is 2. The van der Waals surface area contributed by atoms with Gasteiger partial charge in [0.2, 0.25) is 0 Å². The largest absolute Gasteiger partial charge is 0.463 e. The predicted octanol–water partition coefficient (Wildman–Crippen LogP) is 1.73. The average molecular weight is 163 g/mol. The van der Waals surface area contributed by atoms with Gasteiger partial charge in [0.1, 0.15) is 0 Å². The van der Waals surface area contributed by atoms with Crippen molar-refractivity contribution in [2.45, 2.75) is 19.2 Å². The van der Waals surface area contributed by atoms with Crippen LogP contribution in [0.2, 0.25) is 0 Å². The molecule has 0 amide bonds. The number of carbonyl (C=O) groups excluding carboxylic acids is 1. The predicted molar refractivity (Wildman–Crippen MR) is 41.1 cm³/mol. The molecule has 1 unspecified atom stereocenters. The van der Waals surface area contributed by atoms with Crippen molar-refractivity contribution in [2.24, 2.45) is 0 Å². The molecular weight excluding hydrogens is 152 g/mol. The fourth-order valence-electron chi connectivity index (χ4n) is 0.386. The van der Waals surface area contributed by atoms with E-state index in [2.05, 4.69) is 11.3 Å². The first kappa shape index (κ1) is 9.50. The summed E-state index contributed by atoms with van der Waals surface area (Å²) in [5, 5.41) is -0.348. The Kier molecular flexibility index (Phi) is 4.12. The van der Waals surface area contributed by atoms with E-state index in [0.29, 0.717) is 12.2 Å².